The number of aryl methyl sites for hydroxylation is 2. The van der Waals surface area contributed by atoms with Crippen LogP contribution in [-0.2, 0) is 0 Å². The van der Waals surface area contributed by atoms with E-state index in [9.17, 15) is 4.79 Å². The minimum Gasteiger partial charge on any atom is -0.305 e. The molecule has 0 radical (unpaired) electrons. The molecule has 1 amide bonds. The first-order valence-electron chi connectivity index (χ1n) is 6.43. The average Bonchev–Trinajstić information content (AvgIpc) is 2.76. The third-order valence-electron chi connectivity index (χ3n) is 3.22. The van der Waals surface area contributed by atoms with Crippen molar-refractivity contribution in [1.82, 2.24) is 14.4 Å². The lowest BCUT2D eigenvalue weighted by Gasteiger charge is -2.07. The second-order valence-corrected chi connectivity index (χ2v) is 5.18. The zero-order chi connectivity index (χ0) is 15.0. The van der Waals surface area contributed by atoms with Crippen LogP contribution in [0.5, 0.6) is 0 Å². The molecule has 0 aliphatic carbocycles. The van der Waals surface area contributed by atoms with Crippen LogP contribution >= 0.6 is 11.6 Å². The summed E-state index contributed by atoms with van der Waals surface area (Å²) in [5.41, 5.74) is 2.67. The summed E-state index contributed by atoms with van der Waals surface area (Å²) in [6, 6.07) is 7.16. The molecule has 0 fully saturated rings. The molecule has 3 rings (SSSR count). The Balaban J connectivity index is 2.02. The van der Waals surface area contributed by atoms with Crippen molar-refractivity contribution in [3.05, 3.63) is 58.6 Å². The van der Waals surface area contributed by atoms with E-state index in [0.29, 0.717) is 27.9 Å². The highest BCUT2D eigenvalue weighted by molar-refractivity contribution is 6.30. The zero-order valence-electron chi connectivity index (χ0n) is 11.6. The van der Waals surface area contributed by atoms with E-state index in [4.69, 9.17) is 11.6 Å². The number of carbonyl (C=O) groups is 1. The van der Waals surface area contributed by atoms with Crippen molar-refractivity contribution in [1.29, 1.82) is 0 Å². The van der Waals surface area contributed by atoms with E-state index in [0.717, 1.165) is 5.56 Å². The highest BCUT2D eigenvalue weighted by Crippen LogP contribution is 2.18. The Labute approximate surface area is 126 Å². The first kappa shape index (κ1) is 13.6. The van der Waals surface area contributed by atoms with E-state index < -0.39 is 0 Å². The Kier molecular flexibility index (Phi) is 3.35. The van der Waals surface area contributed by atoms with Crippen LogP contribution in [-0.4, -0.2) is 20.3 Å². The maximum atomic E-state index is 12.5. The van der Waals surface area contributed by atoms with Gasteiger partial charge >= 0.3 is 0 Å². The van der Waals surface area contributed by atoms with Gasteiger partial charge in [-0.2, -0.15) is 0 Å². The predicted molar refractivity (Wildman–Crippen MR) is 81.9 cm³/mol. The number of hydrogen-bond acceptors (Lipinski definition) is 3. The van der Waals surface area contributed by atoms with E-state index in [-0.39, 0.29) is 5.91 Å². The fourth-order valence-electron chi connectivity index (χ4n) is 2.19. The van der Waals surface area contributed by atoms with Crippen molar-refractivity contribution in [2.45, 2.75) is 13.8 Å². The third kappa shape index (κ3) is 2.48. The van der Waals surface area contributed by atoms with Gasteiger partial charge in [-0.05, 0) is 31.5 Å². The normalized spacial score (nSPS) is 10.8. The summed E-state index contributed by atoms with van der Waals surface area (Å²) in [5, 5.41) is 3.40. The van der Waals surface area contributed by atoms with Crippen LogP contribution in [0, 0.1) is 13.8 Å². The van der Waals surface area contributed by atoms with Gasteiger partial charge in [0, 0.05) is 23.5 Å². The monoisotopic (exact) mass is 300 g/mol. The molecule has 0 aromatic carbocycles. The number of aromatic nitrogens is 3. The molecule has 3 aromatic heterocycles. The molecular weight excluding hydrogens is 288 g/mol. The molecule has 0 bridgehead atoms. The van der Waals surface area contributed by atoms with Crippen LogP contribution in [0.25, 0.3) is 5.65 Å². The van der Waals surface area contributed by atoms with Crippen molar-refractivity contribution < 1.29 is 4.79 Å². The van der Waals surface area contributed by atoms with Gasteiger partial charge in [-0.25, -0.2) is 9.97 Å². The summed E-state index contributed by atoms with van der Waals surface area (Å²) in [6.07, 6.45) is 3.38. The minimum absolute atomic E-state index is 0.246. The molecular formula is C15H13ClN4O. The summed E-state index contributed by atoms with van der Waals surface area (Å²) in [4.78, 5) is 21.0. The topological polar surface area (TPSA) is 59.3 Å². The van der Waals surface area contributed by atoms with Crippen LogP contribution < -0.4 is 5.32 Å². The lowest BCUT2D eigenvalue weighted by atomic mass is 10.2. The Morgan fingerprint density at radius 3 is 2.90 bits per heavy atom. The number of halogens is 1. The first-order chi connectivity index (χ1) is 10.1. The summed E-state index contributed by atoms with van der Waals surface area (Å²) in [5.74, 6) is 0.301. The number of hydrogen-bond donors (Lipinski definition) is 1. The second-order valence-electron chi connectivity index (χ2n) is 4.74. The molecule has 5 nitrogen and oxygen atoms in total. The van der Waals surface area contributed by atoms with Crippen molar-refractivity contribution in [2.24, 2.45) is 0 Å². The zero-order valence-corrected chi connectivity index (χ0v) is 12.3. The van der Waals surface area contributed by atoms with Gasteiger partial charge in [0.05, 0.1) is 5.69 Å². The van der Waals surface area contributed by atoms with Crippen LogP contribution in [0.15, 0.2) is 36.7 Å². The maximum absolute atomic E-state index is 12.5. The van der Waals surface area contributed by atoms with Crippen molar-refractivity contribution in [3.63, 3.8) is 0 Å². The number of amides is 1. The van der Waals surface area contributed by atoms with Crippen molar-refractivity contribution >= 4 is 29.0 Å². The standard InChI is InChI=1S/C15H13ClN4O/c1-9-4-3-6-17-14(9)19-15(21)13-10(2)18-12-8-11(16)5-7-20(12)13/h3-8H,1-2H3,(H,17,19,21). The van der Waals surface area contributed by atoms with E-state index in [1.54, 1.807) is 35.9 Å². The fourth-order valence-corrected chi connectivity index (χ4v) is 2.35. The number of pyridine rings is 2. The number of rotatable bonds is 2. The van der Waals surface area contributed by atoms with Gasteiger partial charge in [0.25, 0.3) is 5.91 Å². The number of imidazole rings is 1. The molecule has 0 atom stereocenters. The minimum atomic E-state index is -0.246. The number of nitrogens with zero attached hydrogens (tertiary/aromatic N) is 3. The van der Waals surface area contributed by atoms with E-state index in [1.165, 1.54) is 0 Å². The van der Waals surface area contributed by atoms with Gasteiger partial charge in [0.2, 0.25) is 0 Å². The fraction of sp³-hybridized carbons (Fsp3) is 0.133. The quantitative estimate of drug-likeness (QED) is 0.790. The van der Waals surface area contributed by atoms with Gasteiger partial charge < -0.3 is 5.32 Å². The van der Waals surface area contributed by atoms with Crippen LogP contribution in [0.4, 0.5) is 5.82 Å². The molecule has 0 unspecified atom stereocenters. The van der Waals surface area contributed by atoms with Gasteiger partial charge in [-0.3, -0.25) is 9.20 Å². The molecule has 0 saturated heterocycles. The highest BCUT2D eigenvalue weighted by atomic mass is 35.5. The molecule has 1 N–H and O–H groups in total. The summed E-state index contributed by atoms with van der Waals surface area (Å²) < 4.78 is 1.72. The first-order valence-corrected chi connectivity index (χ1v) is 6.81. The van der Waals surface area contributed by atoms with E-state index in [2.05, 4.69) is 15.3 Å². The summed E-state index contributed by atoms with van der Waals surface area (Å²) in [7, 11) is 0. The van der Waals surface area contributed by atoms with Crippen LogP contribution in [0.1, 0.15) is 21.7 Å². The molecule has 3 heterocycles. The molecule has 6 heteroatoms. The largest absolute Gasteiger partial charge is 0.305 e. The van der Waals surface area contributed by atoms with E-state index in [1.807, 2.05) is 19.1 Å². The Morgan fingerprint density at radius 2 is 2.14 bits per heavy atom. The number of anilines is 1. The van der Waals surface area contributed by atoms with Crippen molar-refractivity contribution in [2.75, 3.05) is 5.32 Å². The molecule has 106 valence electrons. The summed E-state index contributed by atoms with van der Waals surface area (Å²) >= 11 is 5.95. The number of nitrogens with one attached hydrogen (secondary N) is 1. The Hall–Kier alpha value is -2.40. The van der Waals surface area contributed by atoms with E-state index >= 15 is 0 Å². The predicted octanol–water partition coefficient (Wildman–Crippen LogP) is 3.25. The Morgan fingerprint density at radius 1 is 1.33 bits per heavy atom. The Bertz CT molecular complexity index is 841. The smallest absolute Gasteiger partial charge is 0.275 e. The maximum Gasteiger partial charge on any atom is 0.275 e. The molecule has 0 aliphatic rings. The summed E-state index contributed by atoms with van der Waals surface area (Å²) in [6.45, 7) is 3.69. The molecule has 0 saturated carbocycles. The van der Waals surface area contributed by atoms with Gasteiger partial charge in [0.1, 0.15) is 17.2 Å². The lowest BCUT2D eigenvalue weighted by molar-refractivity contribution is 0.102. The molecule has 0 aliphatic heterocycles. The van der Waals surface area contributed by atoms with Crippen LogP contribution in [0.2, 0.25) is 5.02 Å². The SMILES string of the molecule is Cc1cccnc1NC(=O)c1c(C)nc2cc(Cl)ccn12. The second kappa shape index (κ2) is 5.18. The third-order valence-corrected chi connectivity index (χ3v) is 3.45. The van der Waals surface area contributed by atoms with Crippen LogP contribution in [0.3, 0.4) is 0 Å². The average molecular weight is 301 g/mol. The molecule has 3 aromatic rings. The van der Waals surface area contributed by atoms with Crippen molar-refractivity contribution in [3.8, 4) is 0 Å². The number of carbonyl (C=O) groups excluding carboxylic acids is 1. The number of fused-ring (bicyclic) bond motifs is 1. The highest BCUT2D eigenvalue weighted by Gasteiger charge is 2.17. The molecule has 0 spiro atoms. The van der Waals surface area contributed by atoms with Gasteiger partial charge in [-0.15, -0.1) is 0 Å². The lowest BCUT2D eigenvalue weighted by Crippen LogP contribution is -2.17. The van der Waals surface area contributed by atoms with Gasteiger partial charge in [0.15, 0.2) is 0 Å². The van der Waals surface area contributed by atoms with Gasteiger partial charge in [-0.1, -0.05) is 17.7 Å². The molecule has 21 heavy (non-hydrogen) atoms.